The van der Waals surface area contributed by atoms with Crippen LogP contribution in [-0.4, -0.2) is 20.9 Å². The molecule has 32 heavy (non-hydrogen) atoms. The second-order valence-electron chi connectivity index (χ2n) is 8.24. The van der Waals surface area contributed by atoms with Crippen molar-refractivity contribution in [2.24, 2.45) is 0 Å². The van der Waals surface area contributed by atoms with Crippen LogP contribution in [0.15, 0.2) is 60.7 Å². The van der Waals surface area contributed by atoms with Gasteiger partial charge in [-0.3, -0.25) is 9.52 Å². The van der Waals surface area contributed by atoms with E-state index in [1.807, 2.05) is 16.9 Å². The predicted octanol–water partition coefficient (Wildman–Crippen LogP) is 4.37. The Hall–Kier alpha value is -3.32. The molecule has 7 heteroatoms. The molecular formula is C25H23NO5S. The van der Waals surface area contributed by atoms with E-state index in [1.54, 1.807) is 24.3 Å². The molecular weight excluding hydrogens is 426 g/mol. The summed E-state index contributed by atoms with van der Waals surface area (Å²) in [5.41, 5.74) is 6.17. The summed E-state index contributed by atoms with van der Waals surface area (Å²) >= 11 is 0. The van der Waals surface area contributed by atoms with Gasteiger partial charge in [0.25, 0.3) is 0 Å². The summed E-state index contributed by atoms with van der Waals surface area (Å²) in [5.74, 6) is 0.977. The Morgan fingerprint density at radius 3 is 2.31 bits per heavy atom. The van der Waals surface area contributed by atoms with Crippen molar-refractivity contribution in [1.29, 1.82) is 0 Å². The predicted molar refractivity (Wildman–Crippen MR) is 121 cm³/mol. The number of hydrogen-bond donors (Lipinski definition) is 1. The minimum absolute atomic E-state index is 0.0620. The lowest BCUT2D eigenvalue weighted by Gasteiger charge is -2.15. The van der Waals surface area contributed by atoms with Crippen molar-refractivity contribution in [2.75, 3.05) is 6.61 Å². The highest BCUT2D eigenvalue weighted by Gasteiger charge is 2.38. The number of sulfonamides is 1. The quantitative estimate of drug-likeness (QED) is 0.640. The van der Waals surface area contributed by atoms with E-state index >= 15 is 0 Å². The molecule has 1 saturated heterocycles. The molecule has 1 amide bonds. The molecule has 2 atom stereocenters. The van der Waals surface area contributed by atoms with E-state index < -0.39 is 21.2 Å². The van der Waals surface area contributed by atoms with Crippen molar-refractivity contribution in [1.82, 2.24) is 4.72 Å². The maximum Gasteiger partial charge on any atom is 0.242 e. The van der Waals surface area contributed by atoms with Gasteiger partial charge in [0, 0.05) is 11.1 Å². The van der Waals surface area contributed by atoms with Gasteiger partial charge in [-0.1, -0.05) is 48.5 Å². The number of carbonyl (C=O) groups is 1. The van der Waals surface area contributed by atoms with E-state index in [0.29, 0.717) is 17.9 Å². The number of fused-ring (bicyclic) bond motifs is 1. The Balaban J connectivity index is 1.40. The van der Waals surface area contributed by atoms with Crippen LogP contribution in [0.1, 0.15) is 40.0 Å². The van der Waals surface area contributed by atoms with Crippen LogP contribution < -0.4 is 14.2 Å². The van der Waals surface area contributed by atoms with Gasteiger partial charge in [-0.05, 0) is 48.2 Å². The molecule has 0 aromatic heterocycles. The van der Waals surface area contributed by atoms with Crippen LogP contribution in [0, 0.1) is 13.8 Å². The number of rotatable bonds is 4. The Bertz CT molecular complexity index is 1290. The van der Waals surface area contributed by atoms with Crippen LogP contribution in [-0.2, 0) is 14.8 Å². The largest absolute Gasteiger partial charge is 0.488 e. The fourth-order valence-electron chi connectivity index (χ4n) is 4.52. The summed E-state index contributed by atoms with van der Waals surface area (Å²) in [6.07, 6.45) is -0.327. The molecule has 6 nitrogen and oxygen atoms in total. The SMILES string of the molecule is Cc1cccc(C)c1-c1cccc2c1OC[C@H]2Oc1ccc(C2CC(=O)NS2(=O)=O)cc1. The normalized spacial score (nSPS) is 21.0. The topological polar surface area (TPSA) is 81.7 Å². The number of ether oxygens (including phenoxy) is 2. The van der Waals surface area contributed by atoms with E-state index in [2.05, 4.69) is 38.1 Å². The number of amides is 1. The molecule has 3 aromatic rings. The van der Waals surface area contributed by atoms with Crippen LogP contribution in [0.3, 0.4) is 0 Å². The van der Waals surface area contributed by atoms with Crippen molar-refractivity contribution >= 4 is 15.9 Å². The molecule has 1 fully saturated rings. The number of nitrogens with one attached hydrogen (secondary N) is 1. The maximum atomic E-state index is 12.1. The summed E-state index contributed by atoms with van der Waals surface area (Å²) in [7, 11) is -3.66. The first-order valence-electron chi connectivity index (χ1n) is 10.5. The zero-order valence-electron chi connectivity index (χ0n) is 17.8. The van der Waals surface area contributed by atoms with E-state index in [1.165, 1.54) is 16.7 Å². The van der Waals surface area contributed by atoms with Crippen molar-refractivity contribution in [3.05, 3.63) is 82.9 Å². The fourth-order valence-corrected chi connectivity index (χ4v) is 5.95. The number of benzene rings is 3. The molecule has 1 unspecified atom stereocenters. The molecule has 0 radical (unpaired) electrons. The third-order valence-electron chi connectivity index (χ3n) is 6.05. The summed E-state index contributed by atoms with van der Waals surface area (Å²) in [6, 6.07) is 19.2. The van der Waals surface area contributed by atoms with E-state index in [9.17, 15) is 13.2 Å². The molecule has 3 aromatic carbocycles. The van der Waals surface area contributed by atoms with Crippen LogP contribution >= 0.6 is 0 Å². The molecule has 0 bridgehead atoms. The summed E-state index contributed by atoms with van der Waals surface area (Å²) < 4.78 is 38.5. The Labute approximate surface area is 187 Å². The Morgan fingerprint density at radius 2 is 1.66 bits per heavy atom. The number of aryl methyl sites for hydroxylation is 2. The summed E-state index contributed by atoms with van der Waals surface area (Å²) in [5, 5.41) is -0.862. The highest BCUT2D eigenvalue weighted by Crippen LogP contribution is 2.44. The third kappa shape index (κ3) is 3.52. The average molecular weight is 450 g/mol. The molecule has 2 aliphatic heterocycles. The molecule has 164 valence electrons. The van der Waals surface area contributed by atoms with Gasteiger partial charge < -0.3 is 9.47 Å². The Morgan fingerprint density at radius 1 is 0.969 bits per heavy atom. The van der Waals surface area contributed by atoms with E-state index in [-0.39, 0.29) is 12.5 Å². The average Bonchev–Trinajstić information content (AvgIpc) is 3.28. The fraction of sp³-hybridized carbons (Fsp3) is 0.240. The van der Waals surface area contributed by atoms with Crippen molar-refractivity contribution in [3.8, 4) is 22.6 Å². The maximum absolute atomic E-state index is 12.1. The summed E-state index contributed by atoms with van der Waals surface area (Å²) in [4.78, 5) is 11.5. The van der Waals surface area contributed by atoms with Crippen LogP contribution in [0.4, 0.5) is 0 Å². The summed E-state index contributed by atoms with van der Waals surface area (Å²) in [6.45, 7) is 4.59. The van der Waals surface area contributed by atoms with Crippen LogP contribution in [0.25, 0.3) is 11.1 Å². The van der Waals surface area contributed by atoms with Gasteiger partial charge in [0.05, 0.1) is 6.42 Å². The highest BCUT2D eigenvalue weighted by molar-refractivity contribution is 7.90. The number of para-hydroxylation sites is 1. The zero-order chi connectivity index (χ0) is 22.5. The van der Waals surface area contributed by atoms with Crippen molar-refractivity contribution in [3.63, 3.8) is 0 Å². The molecule has 2 heterocycles. The van der Waals surface area contributed by atoms with Gasteiger partial charge in [-0.15, -0.1) is 0 Å². The van der Waals surface area contributed by atoms with Crippen molar-refractivity contribution in [2.45, 2.75) is 31.6 Å². The van der Waals surface area contributed by atoms with E-state index in [0.717, 1.165) is 16.9 Å². The zero-order valence-corrected chi connectivity index (χ0v) is 18.6. The van der Waals surface area contributed by atoms with Gasteiger partial charge in [0.15, 0.2) is 6.10 Å². The lowest BCUT2D eigenvalue weighted by Crippen LogP contribution is -2.21. The first kappa shape index (κ1) is 20.6. The lowest BCUT2D eigenvalue weighted by molar-refractivity contribution is -0.118. The number of carbonyl (C=O) groups excluding carboxylic acids is 1. The van der Waals surface area contributed by atoms with Gasteiger partial charge in [0.2, 0.25) is 15.9 Å². The standard InChI is InChI=1S/C25H23NO5S/c1-15-5-3-6-16(2)24(15)20-8-4-7-19-21(14-30-25(19)20)31-18-11-9-17(10-12-18)22-13-23(27)26-32(22,28)29/h3-12,21-22H,13-14H2,1-2H3,(H,26,27)/t21-,22?/m1/s1. The van der Waals surface area contributed by atoms with Gasteiger partial charge in [-0.25, -0.2) is 8.42 Å². The van der Waals surface area contributed by atoms with Crippen LogP contribution in [0.2, 0.25) is 0 Å². The smallest absolute Gasteiger partial charge is 0.242 e. The van der Waals surface area contributed by atoms with E-state index in [4.69, 9.17) is 9.47 Å². The Kier molecular flexibility index (Phi) is 4.93. The molecule has 1 N–H and O–H groups in total. The second kappa shape index (κ2) is 7.67. The van der Waals surface area contributed by atoms with Crippen LogP contribution in [0.5, 0.6) is 11.5 Å². The molecule has 2 aliphatic rings. The van der Waals surface area contributed by atoms with Gasteiger partial charge in [-0.2, -0.15) is 0 Å². The minimum Gasteiger partial charge on any atom is -0.488 e. The monoisotopic (exact) mass is 449 g/mol. The first-order chi connectivity index (χ1) is 15.3. The first-order valence-corrected chi connectivity index (χ1v) is 12.0. The molecule has 5 rings (SSSR count). The van der Waals surface area contributed by atoms with Crippen molar-refractivity contribution < 1.29 is 22.7 Å². The molecule has 0 aliphatic carbocycles. The molecule has 0 saturated carbocycles. The molecule has 0 spiro atoms. The minimum atomic E-state index is -3.66. The third-order valence-corrected chi connectivity index (χ3v) is 7.75. The van der Waals surface area contributed by atoms with Gasteiger partial charge in [0.1, 0.15) is 23.4 Å². The second-order valence-corrected chi connectivity index (χ2v) is 10.1. The van der Waals surface area contributed by atoms with Gasteiger partial charge >= 0.3 is 0 Å². The highest BCUT2D eigenvalue weighted by atomic mass is 32.2. The number of hydrogen-bond acceptors (Lipinski definition) is 5. The lowest BCUT2D eigenvalue weighted by atomic mass is 9.93.